The van der Waals surface area contributed by atoms with Crippen LogP contribution in [0.1, 0.15) is 27.2 Å². The van der Waals surface area contributed by atoms with Crippen molar-refractivity contribution in [3.8, 4) is 0 Å². The van der Waals surface area contributed by atoms with Crippen LogP contribution in [-0.4, -0.2) is 40.0 Å². The van der Waals surface area contributed by atoms with E-state index in [1.807, 2.05) is 20.8 Å². The lowest BCUT2D eigenvalue weighted by atomic mass is 9.98. The van der Waals surface area contributed by atoms with Crippen LogP contribution >= 0.6 is 11.6 Å². The van der Waals surface area contributed by atoms with Gasteiger partial charge < -0.3 is 10.0 Å². The number of aliphatic hydroxyl groups excluding tert-OH is 1. The summed E-state index contributed by atoms with van der Waals surface area (Å²) in [6.07, 6.45) is 0.238. The predicted molar refractivity (Wildman–Crippen MR) is 56.3 cm³/mol. The van der Waals surface area contributed by atoms with Crippen molar-refractivity contribution in [3.05, 3.63) is 0 Å². The number of hydrogen-bond acceptors (Lipinski definition) is 2. The first-order chi connectivity index (χ1) is 6.41. The Morgan fingerprint density at radius 1 is 1.71 bits per heavy atom. The second-order valence-electron chi connectivity index (χ2n) is 4.50. The molecule has 0 saturated carbocycles. The van der Waals surface area contributed by atoms with Crippen molar-refractivity contribution < 1.29 is 9.90 Å². The summed E-state index contributed by atoms with van der Waals surface area (Å²) >= 11 is 5.64. The maximum absolute atomic E-state index is 11.9. The highest BCUT2D eigenvalue weighted by atomic mass is 35.5. The Balaban J connectivity index is 2.75. The van der Waals surface area contributed by atoms with Gasteiger partial charge in [0.15, 0.2) is 0 Å². The molecule has 4 heteroatoms. The molecule has 82 valence electrons. The summed E-state index contributed by atoms with van der Waals surface area (Å²) in [7, 11) is 0. The van der Waals surface area contributed by atoms with Crippen molar-refractivity contribution in [1.29, 1.82) is 0 Å². The molecule has 0 aliphatic carbocycles. The molecule has 0 aromatic heterocycles. The van der Waals surface area contributed by atoms with Crippen molar-refractivity contribution in [3.63, 3.8) is 0 Å². The number of carbonyl (C=O) groups is 1. The van der Waals surface area contributed by atoms with Gasteiger partial charge in [-0.25, -0.2) is 0 Å². The molecule has 0 aromatic rings. The van der Waals surface area contributed by atoms with E-state index >= 15 is 0 Å². The third kappa shape index (κ3) is 1.89. The Morgan fingerprint density at radius 3 is 2.64 bits per heavy atom. The van der Waals surface area contributed by atoms with Gasteiger partial charge in [0.2, 0.25) is 5.91 Å². The first-order valence-corrected chi connectivity index (χ1v) is 5.50. The van der Waals surface area contributed by atoms with Gasteiger partial charge in [-0.3, -0.25) is 4.79 Å². The number of rotatable bonds is 2. The van der Waals surface area contributed by atoms with Crippen molar-refractivity contribution in [2.75, 3.05) is 12.4 Å². The summed E-state index contributed by atoms with van der Waals surface area (Å²) in [4.78, 5) is 13.6. The van der Waals surface area contributed by atoms with E-state index in [2.05, 4.69) is 0 Å². The molecular formula is C10H18ClNO2. The van der Waals surface area contributed by atoms with Crippen LogP contribution in [0.25, 0.3) is 0 Å². The molecule has 1 aliphatic rings. The minimum Gasteiger partial charge on any atom is -0.391 e. The Labute approximate surface area is 90.0 Å². The molecular weight excluding hydrogens is 202 g/mol. The number of carbonyl (C=O) groups excluding carboxylic acids is 1. The lowest BCUT2D eigenvalue weighted by Crippen LogP contribution is -2.50. The van der Waals surface area contributed by atoms with Gasteiger partial charge in [0, 0.05) is 18.3 Å². The van der Waals surface area contributed by atoms with Crippen LogP contribution in [0.15, 0.2) is 0 Å². The van der Waals surface area contributed by atoms with Gasteiger partial charge in [0.25, 0.3) is 0 Å². The SMILES string of the molecule is CC(CCl)C(=O)N1CCC(O)C1(C)C. The summed E-state index contributed by atoms with van der Waals surface area (Å²) in [5, 5.41) is 9.70. The molecule has 1 rings (SSSR count). The normalized spacial score (nSPS) is 27.8. The maximum Gasteiger partial charge on any atom is 0.227 e. The number of nitrogens with zero attached hydrogens (tertiary/aromatic N) is 1. The summed E-state index contributed by atoms with van der Waals surface area (Å²) in [5.41, 5.74) is -0.447. The number of aliphatic hydroxyl groups is 1. The summed E-state index contributed by atoms with van der Waals surface area (Å²) in [6, 6.07) is 0. The third-order valence-corrected chi connectivity index (χ3v) is 3.52. The number of halogens is 1. The summed E-state index contributed by atoms with van der Waals surface area (Å²) in [5.74, 6) is 0.212. The molecule has 3 nitrogen and oxygen atoms in total. The molecule has 0 spiro atoms. The predicted octanol–water partition coefficient (Wildman–Crippen LogP) is 1.23. The van der Waals surface area contributed by atoms with Gasteiger partial charge in [-0.15, -0.1) is 11.6 Å². The van der Waals surface area contributed by atoms with E-state index in [9.17, 15) is 9.90 Å². The minimum atomic E-state index is -0.447. The standard InChI is InChI=1S/C10H18ClNO2/c1-7(6-11)9(14)12-5-4-8(13)10(12,2)3/h7-8,13H,4-6H2,1-3H3. The Bertz CT molecular complexity index is 230. The van der Waals surface area contributed by atoms with Crippen molar-refractivity contribution >= 4 is 17.5 Å². The molecule has 1 N–H and O–H groups in total. The fraction of sp³-hybridized carbons (Fsp3) is 0.900. The number of amides is 1. The average molecular weight is 220 g/mol. The zero-order valence-electron chi connectivity index (χ0n) is 8.96. The van der Waals surface area contributed by atoms with Gasteiger partial charge in [-0.2, -0.15) is 0 Å². The molecule has 1 heterocycles. The van der Waals surface area contributed by atoms with Gasteiger partial charge in [-0.05, 0) is 20.3 Å². The van der Waals surface area contributed by atoms with Crippen LogP contribution in [0.3, 0.4) is 0 Å². The van der Waals surface area contributed by atoms with E-state index < -0.39 is 11.6 Å². The van der Waals surface area contributed by atoms with Crippen LogP contribution in [0, 0.1) is 5.92 Å². The van der Waals surface area contributed by atoms with E-state index in [0.29, 0.717) is 18.8 Å². The van der Waals surface area contributed by atoms with Crippen molar-refractivity contribution in [1.82, 2.24) is 4.90 Å². The molecule has 0 bridgehead atoms. The van der Waals surface area contributed by atoms with Crippen LogP contribution < -0.4 is 0 Å². The Hall–Kier alpha value is -0.280. The van der Waals surface area contributed by atoms with Gasteiger partial charge >= 0.3 is 0 Å². The summed E-state index contributed by atoms with van der Waals surface area (Å²) < 4.78 is 0. The fourth-order valence-electron chi connectivity index (χ4n) is 1.80. The first-order valence-electron chi connectivity index (χ1n) is 4.96. The second-order valence-corrected chi connectivity index (χ2v) is 4.81. The van der Waals surface area contributed by atoms with E-state index in [0.717, 1.165) is 0 Å². The van der Waals surface area contributed by atoms with Crippen LogP contribution in [0.5, 0.6) is 0 Å². The molecule has 0 radical (unpaired) electrons. The molecule has 2 unspecified atom stereocenters. The van der Waals surface area contributed by atoms with Crippen molar-refractivity contribution in [2.45, 2.75) is 38.8 Å². The molecule has 1 saturated heterocycles. The highest BCUT2D eigenvalue weighted by Gasteiger charge is 2.43. The zero-order valence-corrected chi connectivity index (χ0v) is 9.71. The fourth-order valence-corrected chi connectivity index (χ4v) is 1.93. The van der Waals surface area contributed by atoms with Crippen molar-refractivity contribution in [2.24, 2.45) is 5.92 Å². The lowest BCUT2D eigenvalue weighted by molar-refractivity contribution is -0.139. The molecule has 1 amide bonds. The average Bonchev–Trinajstić information content (AvgIpc) is 2.40. The third-order valence-electron chi connectivity index (χ3n) is 3.06. The minimum absolute atomic E-state index is 0.0431. The highest BCUT2D eigenvalue weighted by molar-refractivity contribution is 6.19. The van der Waals surface area contributed by atoms with Crippen LogP contribution in [0.4, 0.5) is 0 Å². The highest BCUT2D eigenvalue weighted by Crippen LogP contribution is 2.30. The molecule has 1 aliphatic heterocycles. The van der Waals surface area contributed by atoms with Gasteiger partial charge in [0.1, 0.15) is 0 Å². The maximum atomic E-state index is 11.9. The van der Waals surface area contributed by atoms with E-state index in [1.165, 1.54) is 0 Å². The largest absolute Gasteiger partial charge is 0.391 e. The van der Waals surface area contributed by atoms with E-state index in [4.69, 9.17) is 11.6 Å². The Morgan fingerprint density at radius 2 is 2.29 bits per heavy atom. The smallest absolute Gasteiger partial charge is 0.227 e. The monoisotopic (exact) mass is 219 g/mol. The van der Waals surface area contributed by atoms with Gasteiger partial charge in [0.05, 0.1) is 11.6 Å². The number of hydrogen-bond donors (Lipinski definition) is 1. The first kappa shape index (κ1) is 11.8. The second kappa shape index (κ2) is 4.07. The number of likely N-dealkylation sites (tertiary alicyclic amines) is 1. The van der Waals surface area contributed by atoms with E-state index in [1.54, 1.807) is 4.90 Å². The molecule has 1 fully saturated rings. The molecule has 0 aromatic carbocycles. The lowest BCUT2D eigenvalue weighted by Gasteiger charge is -2.35. The van der Waals surface area contributed by atoms with E-state index in [-0.39, 0.29) is 11.8 Å². The molecule has 14 heavy (non-hydrogen) atoms. The summed E-state index contributed by atoms with van der Waals surface area (Å²) in [6.45, 7) is 6.23. The Kier molecular flexibility index (Phi) is 3.43. The number of alkyl halides is 1. The quantitative estimate of drug-likeness (QED) is 0.710. The van der Waals surface area contributed by atoms with Gasteiger partial charge in [-0.1, -0.05) is 6.92 Å². The topological polar surface area (TPSA) is 40.5 Å². The molecule has 2 atom stereocenters. The van der Waals surface area contributed by atoms with Crippen LogP contribution in [0.2, 0.25) is 0 Å². The van der Waals surface area contributed by atoms with Crippen LogP contribution in [-0.2, 0) is 4.79 Å². The zero-order chi connectivity index (χ0) is 10.9.